The van der Waals surface area contributed by atoms with E-state index in [2.05, 4.69) is 20.6 Å². The van der Waals surface area contributed by atoms with Gasteiger partial charge in [0.15, 0.2) is 5.82 Å². The van der Waals surface area contributed by atoms with Crippen LogP contribution in [0.4, 0.5) is 11.6 Å². The second kappa shape index (κ2) is 6.46. The van der Waals surface area contributed by atoms with E-state index in [4.69, 9.17) is 10.5 Å². The highest BCUT2D eigenvalue weighted by atomic mass is 16.5. The van der Waals surface area contributed by atoms with Crippen molar-refractivity contribution < 1.29 is 14.3 Å². The highest BCUT2D eigenvalue weighted by molar-refractivity contribution is 5.93. The number of pyridine rings is 1. The Morgan fingerprint density at radius 1 is 1.43 bits per heavy atom. The third kappa shape index (κ3) is 3.53. The van der Waals surface area contributed by atoms with Crippen molar-refractivity contribution in [3.63, 3.8) is 0 Å². The van der Waals surface area contributed by atoms with Gasteiger partial charge in [0.25, 0.3) is 0 Å². The van der Waals surface area contributed by atoms with Crippen molar-refractivity contribution in [3.05, 3.63) is 30.1 Å². The number of nitrogen functional groups attached to an aromatic ring is 1. The number of ether oxygens (including phenoxy) is 1. The van der Waals surface area contributed by atoms with Crippen LogP contribution in [0.15, 0.2) is 24.4 Å². The molecule has 0 aromatic carbocycles. The molecule has 0 spiro atoms. The highest BCUT2D eigenvalue weighted by Crippen LogP contribution is 2.09. The summed E-state index contributed by atoms with van der Waals surface area (Å²) in [7, 11) is 0. The number of nitrogens with two attached hydrogens (primary N) is 1. The number of amides is 1. The third-order valence-corrected chi connectivity index (χ3v) is 2.47. The summed E-state index contributed by atoms with van der Waals surface area (Å²) >= 11 is 0. The standard InChI is InChI=1S/C12H14N6O3/c1-2-21-12(20)10-11(13)18(17-16-10)7-9(19)15-8-5-3-4-6-14-8/h3-6H,2,7,13H2,1H3,(H,14,15,19). The first kappa shape index (κ1) is 14.4. The maximum Gasteiger partial charge on any atom is 0.362 e. The lowest BCUT2D eigenvalue weighted by Crippen LogP contribution is -2.21. The normalized spacial score (nSPS) is 10.1. The molecule has 0 bridgehead atoms. The van der Waals surface area contributed by atoms with Crippen LogP contribution in [0, 0.1) is 0 Å². The van der Waals surface area contributed by atoms with E-state index >= 15 is 0 Å². The molecule has 0 unspecified atom stereocenters. The number of nitrogens with zero attached hydrogens (tertiary/aromatic N) is 4. The molecule has 9 heteroatoms. The predicted octanol–water partition coefficient (Wildman–Crippen LogP) is 0.0707. The minimum absolute atomic E-state index is 0.0235. The van der Waals surface area contributed by atoms with Crippen LogP contribution in [0.5, 0.6) is 0 Å². The molecule has 0 saturated heterocycles. The molecule has 2 aromatic heterocycles. The maximum absolute atomic E-state index is 11.8. The number of anilines is 2. The average molecular weight is 290 g/mol. The van der Waals surface area contributed by atoms with E-state index in [-0.39, 0.29) is 30.6 Å². The molecule has 0 atom stereocenters. The lowest BCUT2D eigenvalue weighted by molar-refractivity contribution is -0.116. The Bertz CT molecular complexity index is 640. The molecule has 1 amide bonds. The van der Waals surface area contributed by atoms with Crippen LogP contribution in [-0.4, -0.2) is 38.5 Å². The number of rotatable bonds is 5. The summed E-state index contributed by atoms with van der Waals surface area (Å²) < 4.78 is 5.89. The molecule has 0 saturated carbocycles. The minimum Gasteiger partial charge on any atom is -0.461 e. The first-order chi connectivity index (χ1) is 10.1. The summed E-state index contributed by atoms with van der Waals surface area (Å²) in [6.45, 7) is 1.68. The first-order valence-electron chi connectivity index (χ1n) is 6.18. The van der Waals surface area contributed by atoms with Gasteiger partial charge in [-0.2, -0.15) is 0 Å². The Kier molecular flexibility index (Phi) is 4.44. The van der Waals surface area contributed by atoms with Crippen LogP contribution in [-0.2, 0) is 16.1 Å². The van der Waals surface area contributed by atoms with Crippen molar-refractivity contribution in [3.8, 4) is 0 Å². The van der Waals surface area contributed by atoms with E-state index in [1.807, 2.05) is 0 Å². The van der Waals surface area contributed by atoms with Gasteiger partial charge in [-0.25, -0.2) is 14.5 Å². The fourth-order valence-corrected chi connectivity index (χ4v) is 1.54. The van der Waals surface area contributed by atoms with Gasteiger partial charge in [-0.15, -0.1) is 5.10 Å². The molecule has 21 heavy (non-hydrogen) atoms. The Hall–Kier alpha value is -2.97. The number of carbonyl (C=O) groups excluding carboxylic acids is 2. The number of esters is 1. The molecule has 0 aliphatic rings. The average Bonchev–Trinajstić information content (AvgIpc) is 2.81. The van der Waals surface area contributed by atoms with Crippen molar-refractivity contribution in [2.24, 2.45) is 0 Å². The summed E-state index contributed by atoms with van der Waals surface area (Å²) in [6, 6.07) is 5.12. The second-order valence-electron chi connectivity index (χ2n) is 3.96. The molecule has 110 valence electrons. The van der Waals surface area contributed by atoms with Gasteiger partial charge < -0.3 is 15.8 Å². The summed E-state index contributed by atoms with van der Waals surface area (Å²) in [6.07, 6.45) is 1.55. The van der Waals surface area contributed by atoms with Crippen LogP contribution >= 0.6 is 0 Å². The van der Waals surface area contributed by atoms with Gasteiger partial charge in [0.2, 0.25) is 11.6 Å². The van der Waals surface area contributed by atoms with Crippen LogP contribution in [0.3, 0.4) is 0 Å². The van der Waals surface area contributed by atoms with Gasteiger partial charge in [0.1, 0.15) is 12.4 Å². The minimum atomic E-state index is -0.675. The van der Waals surface area contributed by atoms with Crippen LogP contribution < -0.4 is 11.1 Å². The molecule has 2 rings (SSSR count). The van der Waals surface area contributed by atoms with Crippen molar-refractivity contribution in [1.29, 1.82) is 0 Å². The van der Waals surface area contributed by atoms with E-state index in [9.17, 15) is 9.59 Å². The topological polar surface area (TPSA) is 125 Å². The number of nitrogens with one attached hydrogen (secondary N) is 1. The Labute approximate surface area is 120 Å². The number of carbonyl (C=O) groups is 2. The van der Waals surface area contributed by atoms with Crippen molar-refractivity contribution >= 4 is 23.5 Å². The zero-order chi connectivity index (χ0) is 15.2. The molecule has 0 fully saturated rings. The summed E-state index contributed by atoms with van der Waals surface area (Å²) in [5, 5.41) is 9.84. The molecule has 2 heterocycles. The zero-order valence-electron chi connectivity index (χ0n) is 11.3. The maximum atomic E-state index is 11.8. The lowest BCUT2D eigenvalue weighted by Gasteiger charge is -2.05. The van der Waals surface area contributed by atoms with Gasteiger partial charge >= 0.3 is 5.97 Å². The van der Waals surface area contributed by atoms with Gasteiger partial charge in [0, 0.05) is 6.20 Å². The molecule has 0 radical (unpaired) electrons. The van der Waals surface area contributed by atoms with Crippen LogP contribution in [0.1, 0.15) is 17.4 Å². The van der Waals surface area contributed by atoms with E-state index in [1.165, 1.54) is 0 Å². The van der Waals surface area contributed by atoms with Gasteiger partial charge in [0.05, 0.1) is 6.61 Å². The van der Waals surface area contributed by atoms with Crippen LogP contribution in [0.25, 0.3) is 0 Å². The van der Waals surface area contributed by atoms with Gasteiger partial charge in [-0.3, -0.25) is 4.79 Å². The fourth-order valence-electron chi connectivity index (χ4n) is 1.54. The fraction of sp³-hybridized carbons (Fsp3) is 0.250. The molecule has 9 nitrogen and oxygen atoms in total. The smallest absolute Gasteiger partial charge is 0.362 e. The predicted molar refractivity (Wildman–Crippen MR) is 73.3 cm³/mol. The van der Waals surface area contributed by atoms with Crippen molar-refractivity contribution in [2.45, 2.75) is 13.5 Å². The van der Waals surface area contributed by atoms with E-state index in [1.54, 1.807) is 31.3 Å². The molecule has 2 aromatic rings. The third-order valence-electron chi connectivity index (χ3n) is 2.47. The summed E-state index contributed by atoms with van der Waals surface area (Å²) in [4.78, 5) is 27.3. The van der Waals surface area contributed by atoms with E-state index in [0.29, 0.717) is 5.82 Å². The molecule has 0 aliphatic heterocycles. The first-order valence-corrected chi connectivity index (χ1v) is 6.18. The summed E-state index contributed by atoms with van der Waals surface area (Å²) in [5.41, 5.74) is 5.61. The SMILES string of the molecule is CCOC(=O)c1nnn(CC(=O)Nc2ccccn2)c1N. The molecule has 3 N–H and O–H groups in total. The zero-order valence-corrected chi connectivity index (χ0v) is 11.3. The number of hydrogen-bond donors (Lipinski definition) is 2. The Morgan fingerprint density at radius 2 is 2.24 bits per heavy atom. The monoisotopic (exact) mass is 290 g/mol. The van der Waals surface area contributed by atoms with E-state index < -0.39 is 5.97 Å². The molecular weight excluding hydrogens is 276 g/mol. The second-order valence-corrected chi connectivity index (χ2v) is 3.96. The van der Waals surface area contributed by atoms with Crippen LogP contribution in [0.2, 0.25) is 0 Å². The van der Waals surface area contributed by atoms with Crippen molar-refractivity contribution in [2.75, 3.05) is 17.7 Å². The highest BCUT2D eigenvalue weighted by Gasteiger charge is 2.19. The quantitative estimate of drug-likeness (QED) is 0.746. The number of aromatic nitrogens is 4. The number of hydrogen-bond acceptors (Lipinski definition) is 7. The Morgan fingerprint density at radius 3 is 2.90 bits per heavy atom. The molecule has 0 aliphatic carbocycles. The van der Waals surface area contributed by atoms with Gasteiger partial charge in [-0.1, -0.05) is 11.3 Å². The van der Waals surface area contributed by atoms with Gasteiger partial charge in [-0.05, 0) is 19.1 Å². The summed E-state index contributed by atoms with van der Waals surface area (Å²) in [5.74, 6) is -0.677. The van der Waals surface area contributed by atoms with Crippen molar-refractivity contribution in [1.82, 2.24) is 20.0 Å². The largest absolute Gasteiger partial charge is 0.461 e. The van der Waals surface area contributed by atoms with E-state index in [0.717, 1.165) is 4.68 Å². The Balaban J connectivity index is 2.03. The lowest BCUT2D eigenvalue weighted by atomic mass is 10.4. The molecular formula is C12H14N6O3.